The molecule has 4 nitrogen and oxygen atoms in total. The summed E-state index contributed by atoms with van der Waals surface area (Å²) in [7, 11) is 0. The number of rotatable bonds is 6. The van der Waals surface area contributed by atoms with Crippen molar-refractivity contribution in [2.24, 2.45) is 0 Å². The minimum atomic E-state index is -0.0991. The van der Waals surface area contributed by atoms with Crippen LogP contribution in [0.15, 0.2) is 17.5 Å². The second kappa shape index (κ2) is 7.38. The summed E-state index contributed by atoms with van der Waals surface area (Å²) in [5.74, 6) is 0.147. The van der Waals surface area contributed by atoms with E-state index >= 15 is 0 Å². The van der Waals surface area contributed by atoms with Crippen LogP contribution >= 0.6 is 11.3 Å². The minimum absolute atomic E-state index is 0.0991. The summed E-state index contributed by atoms with van der Waals surface area (Å²) >= 11 is 1.82. The Morgan fingerprint density at radius 3 is 2.52 bits per heavy atom. The van der Waals surface area contributed by atoms with Crippen LogP contribution in [0.3, 0.4) is 0 Å². The van der Waals surface area contributed by atoms with E-state index in [0.717, 1.165) is 39.1 Å². The third-order valence-corrected chi connectivity index (χ3v) is 5.01. The van der Waals surface area contributed by atoms with Crippen LogP contribution in [0, 0.1) is 0 Å². The molecule has 1 aromatic rings. The fourth-order valence-corrected chi connectivity index (χ4v) is 3.18. The summed E-state index contributed by atoms with van der Waals surface area (Å²) in [6.07, 6.45) is 0.952. The third kappa shape index (κ3) is 5.41. The lowest BCUT2D eigenvalue weighted by Crippen LogP contribution is -2.52. The van der Waals surface area contributed by atoms with Crippen LogP contribution in [-0.4, -0.2) is 54.0 Å². The molecule has 2 heterocycles. The van der Waals surface area contributed by atoms with E-state index in [2.05, 4.69) is 53.4 Å². The Hall–Kier alpha value is -0.910. The second-order valence-electron chi connectivity index (χ2n) is 6.42. The Labute approximate surface area is 132 Å². The molecule has 0 unspecified atom stereocenters. The number of hydrogen-bond donors (Lipinski definition) is 1. The molecule has 1 fully saturated rings. The average molecular weight is 309 g/mol. The summed E-state index contributed by atoms with van der Waals surface area (Å²) < 4.78 is 0. The number of piperazine rings is 1. The Bertz CT molecular complexity index is 436. The fourth-order valence-electron chi connectivity index (χ4n) is 2.44. The van der Waals surface area contributed by atoms with Gasteiger partial charge in [0.05, 0.1) is 6.54 Å². The number of amides is 1. The topological polar surface area (TPSA) is 35.6 Å². The number of hydrogen-bond acceptors (Lipinski definition) is 4. The number of thiophene rings is 1. The van der Waals surface area contributed by atoms with Gasteiger partial charge in [0.1, 0.15) is 0 Å². The fraction of sp³-hybridized carbons (Fsp3) is 0.688. The number of carbonyl (C=O) groups is 1. The van der Waals surface area contributed by atoms with E-state index in [0.29, 0.717) is 6.54 Å². The minimum Gasteiger partial charge on any atom is -0.350 e. The first-order valence-corrected chi connectivity index (χ1v) is 8.64. The standard InChI is InChI=1S/C16H27N3OS/c1-4-16(2,3)17-15(20)13-19-9-7-18(8-10-19)12-14-6-5-11-21-14/h5-6,11H,4,7-10,12-13H2,1-3H3,(H,17,20). The lowest BCUT2D eigenvalue weighted by atomic mass is 10.0. The molecule has 0 bridgehead atoms. The highest BCUT2D eigenvalue weighted by Crippen LogP contribution is 2.13. The molecular formula is C16H27N3OS. The van der Waals surface area contributed by atoms with Crippen molar-refractivity contribution >= 4 is 17.2 Å². The van der Waals surface area contributed by atoms with E-state index in [-0.39, 0.29) is 11.4 Å². The van der Waals surface area contributed by atoms with Gasteiger partial charge in [-0.25, -0.2) is 0 Å². The zero-order valence-electron chi connectivity index (χ0n) is 13.4. The van der Waals surface area contributed by atoms with Crippen LogP contribution in [-0.2, 0) is 11.3 Å². The van der Waals surface area contributed by atoms with E-state index in [1.807, 2.05) is 11.3 Å². The maximum absolute atomic E-state index is 12.1. The van der Waals surface area contributed by atoms with Gasteiger partial charge < -0.3 is 5.32 Å². The van der Waals surface area contributed by atoms with Gasteiger partial charge in [0.25, 0.3) is 0 Å². The highest BCUT2D eigenvalue weighted by atomic mass is 32.1. The molecule has 1 aliphatic rings. The van der Waals surface area contributed by atoms with Crippen molar-refractivity contribution in [1.29, 1.82) is 0 Å². The predicted octanol–water partition coefficient (Wildman–Crippen LogP) is 2.17. The monoisotopic (exact) mass is 309 g/mol. The van der Waals surface area contributed by atoms with Gasteiger partial charge in [-0.1, -0.05) is 13.0 Å². The van der Waals surface area contributed by atoms with Gasteiger partial charge >= 0.3 is 0 Å². The molecule has 0 radical (unpaired) electrons. The zero-order chi connectivity index (χ0) is 15.3. The molecule has 1 N–H and O–H groups in total. The molecule has 0 aliphatic carbocycles. The quantitative estimate of drug-likeness (QED) is 0.875. The first-order valence-electron chi connectivity index (χ1n) is 7.76. The maximum Gasteiger partial charge on any atom is 0.234 e. The molecule has 118 valence electrons. The van der Waals surface area contributed by atoms with Crippen LogP contribution in [0.4, 0.5) is 0 Å². The zero-order valence-corrected chi connectivity index (χ0v) is 14.2. The van der Waals surface area contributed by atoms with Gasteiger partial charge in [0.15, 0.2) is 0 Å². The van der Waals surface area contributed by atoms with E-state index in [1.165, 1.54) is 4.88 Å². The summed E-state index contributed by atoms with van der Waals surface area (Å²) in [5, 5.41) is 5.24. The lowest BCUT2D eigenvalue weighted by Gasteiger charge is -2.35. The molecule has 1 aromatic heterocycles. The Morgan fingerprint density at radius 1 is 1.29 bits per heavy atom. The average Bonchev–Trinajstić information content (AvgIpc) is 2.93. The summed E-state index contributed by atoms with van der Waals surface area (Å²) in [4.78, 5) is 18.2. The van der Waals surface area contributed by atoms with Gasteiger partial charge in [-0.05, 0) is 31.7 Å². The number of nitrogens with one attached hydrogen (secondary N) is 1. The van der Waals surface area contributed by atoms with Crippen molar-refractivity contribution in [1.82, 2.24) is 15.1 Å². The third-order valence-electron chi connectivity index (χ3n) is 4.15. The van der Waals surface area contributed by atoms with Crippen molar-refractivity contribution in [3.8, 4) is 0 Å². The Morgan fingerprint density at radius 2 is 1.95 bits per heavy atom. The van der Waals surface area contributed by atoms with Crippen LogP contribution in [0.25, 0.3) is 0 Å². The molecule has 0 aromatic carbocycles. The van der Waals surface area contributed by atoms with E-state index in [1.54, 1.807) is 0 Å². The van der Waals surface area contributed by atoms with Gasteiger partial charge in [-0.2, -0.15) is 0 Å². The summed E-state index contributed by atoms with van der Waals surface area (Å²) in [6, 6.07) is 4.30. The molecule has 2 rings (SSSR count). The van der Waals surface area contributed by atoms with Crippen molar-refractivity contribution < 1.29 is 4.79 Å². The highest BCUT2D eigenvalue weighted by molar-refractivity contribution is 7.09. The molecule has 0 spiro atoms. The van der Waals surface area contributed by atoms with Crippen LogP contribution in [0.5, 0.6) is 0 Å². The molecule has 0 saturated carbocycles. The molecular weight excluding hydrogens is 282 g/mol. The maximum atomic E-state index is 12.1. The first kappa shape index (κ1) is 16.5. The van der Waals surface area contributed by atoms with Crippen molar-refractivity contribution in [2.45, 2.75) is 39.3 Å². The van der Waals surface area contributed by atoms with Crippen LogP contribution < -0.4 is 5.32 Å². The molecule has 1 aliphatic heterocycles. The van der Waals surface area contributed by atoms with E-state index in [4.69, 9.17) is 0 Å². The lowest BCUT2D eigenvalue weighted by molar-refractivity contribution is -0.124. The molecule has 0 atom stereocenters. The van der Waals surface area contributed by atoms with Crippen LogP contribution in [0.2, 0.25) is 0 Å². The SMILES string of the molecule is CCC(C)(C)NC(=O)CN1CCN(Cc2cccs2)CC1. The second-order valence-corrected chi connectivity index (χ2v) is 7.45. The van der Waals surface area contributed by atoms with Crippen LogP contribution in [0.1, 0.15) is 32.1 Å². The number of carbonyl (C=O) groups excluding carboxylic acids is 1. The smallest absolute Gasteiger partial charge is 0.234 e. The molecule has 1 amide bonds. The van der Waals surface area contributed by atoms with Gasteiger partial charge in [0, 0.05) is 43.1 Å². The first-order chi connectivity index (χ1) is 9.98. The Kier molecular flexibility index (Phi) is 5.79. The van der Waals surface area contributed by atoms with E-state index < -0.39 is 0 Å². The van der Waals surface area contributed by atoms with Gasteiger partial charge in [-0.3, -0.25) is 14.6 Å². The summed E-state index contributed by atoms with van der Waals surface area (Å²) in [5.41, 5.74) is -0.0991. The molecule has 1 saturated heterocycles. The van der Waals surface area contributed by atoms with E-state index in [9.17, 15) is 4.79 Å². The molecule has 21 heavy (non-hydrogen) atoms. The van der Waals surface area contributed by atoms with Crippen molar-refractivity contribution in [3.05, 3.63) is 22.4 Å². The largest absolute Gasteiger partial charge is 0.350 e. The normalized spacial score (nSPS) is 17.9. The van der Waals surface area contributed by atoms with Crippen molar-refractivity contribution in [2.75, 3.05) is 32.7 Å². The number of nitrogens with zero attached hydrogens (tertiary/aromatic N) is 2. The highest BCUT2D eigenvalue weighted by Gasteiger charge is 2.22. The van der Waals surface area contributed by atoms with Gasteiger partial charge in [0.2, 0.25) is 5.91 Å². The Balaban J connectivity index is 1.70. The predicted molar refractivity (Wildman–Crippen MR) is 88.5 cm³/mol. The van der Waals surface area contributed by atoms with Crippen molar-refractivity contribution in [3.63, 3.8) is 0 Å². The molecule has 5 heteroatoms. The van der Waals surface area contributed by atoms with Gasteiger partial charge in [-0.15, -0.1) is 11.3 Å². The summed E-state index contributed by atoms with van der Waals surface area (Å²) in [6.45, 7) is 11.9.